The Bertz CT molecular complexity index is 1400. The zero-order valence-corrected chi connectivity index (χ0v) is 28.9. The van der Waals surface area contributed by atoms with Crippen molar-refractivity contribution in [1.82, 2.24) is 20.9 Å². The van der Waals surface area contributed by atoms with Crippen molar-refractivity contribution in [2.75, 3.05) is 23.7 Å². The Morgan fingerprint density at radius 2 is 1.58 bits per heavy atom. The average molecular weight is 664 g/mol. The molecule has 2 aromatic rings. The summed E-state index contributed by atoms with van der Waals surface area (Å²) in [6.45, 7) is 10.6. The molecule has 12 heteroatoms. The maximum Gasteiger partial charge on any atom is 0.323 e. The summed E-state index contributed by atoms with van der Waals surface area (Å²) in [4.78, 5) is 67.4. The molecule has 7 N–H and O–H groups in total. The summed E-state index contributed by atoms with van der Waals surface area (Å²) in [7, 11) is 0. The maximum atomic E-state index is 13.4. The summed E-state index contributed by atoms with van der Waals surface area (Å²) < 4.78 is 0. The van der Waals surface area contributed by atoms with Crippen LogP contribution in [0.5, 0.6) is 0 Å². The quantitative estimate of drug-likeness (QED) is 0.149. The second-order valence-corrected chi connectivity index (χ2v) is 12.9. The number of urea groups is 1. The van der Waals surface area contributed by atoms with Gasteiger partial charge in [0.05, 0.1) is 6.42 Å². The standard InChI is InChI=1S/C36H53N7O5/c1-6-28(33(45)42-32(23(2)3)35(47)43-21-11-13-25(43)5)40-34(46)30(15-9-10-20-37)39-31(44)22-26-16-18-27(19-17-26)38-36(48)41-29-14-8-7-12-24(29)4/h7-8,12,14,16-19,23,25,28,30,32H,6,9-11,13,15,20-22,37H2,1-5H3,(H,39,44)(H,40,46)(H,42,45)(H2,38,41,48)/t25-,28+,30+,32+/m1/s1. The Morgan fingerprint density at radius 1 is 0.896 bits per heavy atom. The van der Waals surface area contributed by atoms with Gasteiger partial charge in [-0.25, -0.2) is 4.79 Å². The minimum Gasteiger partial charge on any atom is -0.344 e. The fourth-order valence-electron chi connectivity index (χ4n) is 5.73. The van der Waals surface area contributed by atoms with Crippen LogP contribution in [0.25, 0.3) is 0 Å². The van der Waals surface area contributed by atoms with Crippen molar-refractivity contribution in [3.63, 3.8) is 0 Å². The van der Waals surface area contributed by atoms with Gasteiger partial charge in [0.15, 0.2) is 0 Å². The SMILES string of the molecule is CC[C@H](NC(=O)[C@H](CCCCN)NC(=O)Cc1ccc(NC(=O)Nc2ccccc2C)cc1)C(=O)N[C@H](C(=O)N1CCC[C@H]1C)C(C)C. The van der Waals surface area contributed by atoms with Crippen LogP contribution >= 0.6 is 0 Å². The van der Waals surface area contributed by atoms with Gasteiger partial charge < -0.3 is 37.2 Å². The van der Waals surface area contributed by atoms with Crippen LogP contribution in [0.2, 0.25) is 0 Å². The van der Waals surface area contributed by atoms with Gasteiger partial charge in [0, 0.05) is 24.0 Å². The van der Waals surface area contributed by atoms with Gasteiger partial charge in [0.2, 0.25) is 23.6 Å². The Labute approximate surface area is 284 Å². The highest BCUT2D eigenvalue weighted by Crippen LogP contribution is 2.20. The Morgan fingerprint density at radius 3 is 2.19 bits per heavy atom. The minimum atomic E-state index is -0.875. The van der Waals surface area contributed by atoms with Crippen LogP contribution in [-0.4, -0.2) is 71.8 Å². The highest BCUT2D eigenvalue weighted by Gasteiger charge is 2.35. The number of carbonyl (C=O) groups excluding carboxylic acids is 5. The second-order valence-electron chi connectivity index (χ2n) is 12.9. The lowest BCUT2D eigenvalue weighted by molar-refractivity contribution is -0.139. The van der Waals surface area contributed by atoms with Crippen molar-refractivity contribution >= 4 is 41.0 Å². The van der Waals surface area contributed by atoms with E-state index in [1.54, 1.807) is 31.2 Å². The summed E-state index contributed by atoms with van der Waals surface area (Å²) in [5, 5.41) is 14.1. The molecule has 2 aromatic carbocycles. The van der Waals surface area contributed by atoms with Crippen molar-refractivity contribution in [3.8, 4) is 0 Å². The zero-order valence-electron chi connectivity index (χ0n) is 28.9. The van der Waals surface area contributed by atoms with Gasteiger partial charge in [0.1, 0.15) is 18.1 Å². The van der Waals surface area contributed by atoms with Gasteiger partial charge in [-0.15, -0.1) is 0 Å². The third-order valence-electron chi connectivity index (χ3n) is 8.68. The van der Waals surface area contributed by atoms with E-state index in [4.69, 9.17) is 5.73 Å². The molecule has 0 bridgehead atoms. The lowest BCUT2D eigenvalue weighted by Gasteiger charge is -2.31. The van der Waals surface area contributed by atoms with E-state index in [-0.39, 0.29) is 36.2 Å². The lowest BCUT2D eigenvalue weighted by atomic mass is 10.0. The van der Waals surface area contributed by atoms with Crippen molar-refractivity contribution in [3.05, 3.63) is 59.7 Å². The van der Waals surface area contributed by atoms with E-state index < -0.39 is 29.9 Å². The third-order valence-corrected chi connectivity index (χ3v) is 8.68. The van der Waals surface area contributed by atoms with Gasteiger partial charge in [-0.05, 0) is 94.2 Å². The molecule has 0 radical (unpaired) electrons. The molecule has 0 unspecified atom stereocenters. The van der Waals surface area contributed by atoms with Crippen molar-refractivity contribution in [1.29, 1.82) is 0 Å². The molecule has 12 nitrogen and oxygen atoms in total. The number of benzene rings is 2. The zero-order chi connectivity index (χ0) is 35.2. The highest BCUT2D eigenvalue weighted by atomic mass is 16.2. The molecule has 1 fully saturated rings. The maximum absolute atomic E-state index is 13.4. The third kappa shape index (κ3) is 11.4. The number of unbranched alkanes of at least 4 members (excludes halogenated alkanes) is 1. The highest BCUT2D eigenvalue weighted by molar-refractivity contribution is 6.00. The summed E-state index contributed by atoms with van der Waals surface area (Å²) in [6.07, 6.45) is 3.84. The topological polar surface area (TPSA) is 175 Å². The van der Waals surface area contributed by atoms with Gasteiger partial charge in [0.25, 0.3) is 0 Å². The van der Waals surface area contributed by atoms with Gasteiger partial charge in [-0.3, -0.25) is 19.2 Å². The number of likely N-dealkylation sites (tertiary alicyclic amines) is 1. The monoisotopic (exact) mass is 663 g/mol. The van der Waals surface area contributed by atoms with Crippen LogP contribution in [0, 0.1) is 12.8 Å². The first-order chi connectivity index (χ1) is 22.9. The van der Waals surface area contributed by atoms with Gasteiger partial charge >= 0.3 is 6.03 Å². The normalized spacial score (nSPS) is 16.1. The van der Waals surface area contributed by atoms with Gasteiger partial charge in [-0.1, -0.05) is 51.1 Å². The lowest BCUT2D eigenvalue weighted by Crippen LogP contribution is -2.58. The van der Waals surface area contributed by atoms with Crippen molar-refractivity contribution in [2.45, 2.75) is 104 Å². The molecule has 0 saturated carbocycles. The van der Waals surface area contributed by atoms with Crippen LogP contribution in [0.15, 0.2) is 48.5 Å². The first-order valence-corrected chi connectivity index (χ1v) is 17.1. The number of anilines is 2. The van der Waals surface area contributed by atoms with E-state index in [0.717, 1.165) is 18.4 Å². The van der Waals surface area contributed by atoms with E-state index >= 15 is 0 Å². The fraction of sp³-hybridized carbons (Fsp3) is 0.528. The number of nitrogens with one attached hydrogen (secondary N) is 5. The molecule has 6 amide bonds. The number of nitrogens with two attached hydrogens (primary N) is 1. The summed E-state index contributed by atoms with van der Waals surface area (Å²) in [6, 6.07) is 11.6. The molecule has 3 rings (SSSR count). The molecule has 1 aliphatic heterocycles. The molecular weight excluding hydrogens is 610 g/mol. The smallest absolute Gasteiger partial charge is 0.323 e. The summed E-state index contributed by atoms with van der Waals surface area (Å²) in [5.41, 5.74) is 8.58. The molecule has 1 saturated heterocycles. The number of amides is 6. The predicted molar refractivity (Wildman–Crippen MR) is 188 cm³/mol. The molecule has 0 spiro atoms. The van der Waals surface area contributed by atoms with Crippen LogP contribution in [0.1, 0.15) is 77.3 Å². The summed E-state index contributed by atoms with van der Waals surface area (Å²) in [5.74, 6) is -1.50. The minimum absolute atomic E-state index is 0.0150. The number of hydrogen-bond donors (Lipinski definition) is 6. The predicted octanol–water partition coefficient (Wildman–Crippen LogP) is 3.84. The molecule has 4 atom stereocenters. The molecule has 0 aliphatic carbocycles. The molecule has 1 aliphatic rings. The fourth-order valence-corrected chi connectivity index (χ4v) is 5.73. The number of rotatable bonds is 16. The van der Waals surface area contributed by atoms with E-state index in [9.17, 15) is 24.0 Å². The van der Waals surface area contributed by atoms with E-state index in [2.05, 4.69) is 26.6 Å². The number of hydrogen-bond acceptors (Lipinski definition) is 6. The molecule has 0 aromatic heterocycles. The first-order valence-electron chi connectivity index (χ1n) is 17.1. The Hall–Kier alpha value is -4.45. The number of nitrogens with zero attached hydrogens (tertiary/aromatic N) is 1. The van der Waals surface area contributed by atoms with Crippen molar-refractivity contribution < 1.29 is 24.0 Å². The molecular formula is C36H53N7O5. The van der Waals surface area contributed by atoms with E-state index in [1.165, 1.54) is 0 Å². The molecule has 48 heavy (non-hydrogen) atoms. The van der Waals surface area contributed by atoms with Crippen molar-refractivity contribution in [2.24, 2.45) is 11.7 Å². The van der Waals surface area contributed by atoms with Crippen LogP contribution in [0.3, 0.4) is 0 Å². The second kappa shape index (κ2) is 18.8. The largest absolute Gasteiger partial charge is 0.344 e. The van der Waals surface area contributed by atoms with Crippen LogP contribution in [0.4, 0.5) is 16.2 Å². The average Bonchev–Trinajstić information content (AvgIpc) is 3.49. The Kier molecular flexibility index (Phi) is 14.9. The van der Waals surface area contributed by atoms with Gasteiger partial charge in [-0.2, -0.15) is 0 Å². The number of para-hydroxylation sites is 1. The Balaban J connectivity index is 1.58. The number of aryl methyl sites for hydroxylation is 1. The summed E-state index contributed by atoms with van der Waals surface area (Å²) >= 11 is 0. The van der Waals surface area contributed by atoms with E-state index in [0.29, 0.717) is 55.7 Å². The van der Waals surface area contributed by atoms with Crippen LogP contribution < -0.4 is 32.3 Å². The van der Waals surface area contributed by atoms with Crippen LogP contribution in [-0.2, 0) is 25.6 Å². The first kappa shape index (κ1) is 38.0. The number of carbonyl (C=O) groups is 5. The molecule has 1 heterocycles. The molecule has 262 valence electrons. The van der Waals surface area contributed by atoms with E-state index in [1.807, 2.05) is 56.9 Å².